The molecule has 7 heteroatoms. The molecule has 5 nitrogen and oxygen atoms in total. The predicted octanol–water partition coefficient (Wildman–Crippen LogP) is 4.31. The number of anilines is 1. The van der Waals surface area contributed by atoms with Gasteiger partial charge < -0.3 is 15.0 Å². The summed E-state index contributed by atoms with van der Waals surface area (Å²) in [7, 11) is 0. The molecule has 0 unspecified atom stereocenters. The molecular formula is C23H22N2O3S2. The Morgan fingerprint density at radius 3 is 2.70 bits per heavy atom. The monoisotopic (exact) mass is 438 g/mol. The lowest BCUT2D eigenvalue weighted by molar-refractivity contribution is -0.121. The van der Waals surface area contributed by atoms with E-state index in [4.69, 9.17) is 17.0 Å². The van der Waals surface area contributed by atoms with Crippen LogP contribution in [0.1, 0.15) is 30.4 Å². The van der Waals surface area contributed by atoms with Crippen molar-refractivity contribution >= 4 is 51.9 Å². The largest absolute Gasteiger partial charge is 0.482 e. The fourth-order valence-corrected chi connectivity index (χ4v) is 4.59. The maximum Gasteiger partial charge on any atom is 0.265 e. The highest BCUT2D eigenvalue weighted by Crippen LogP contribution is 2.35. The summed E-state index contributed by atoms with van der Waals surface area (Å²) >= 11 is 6.28. The van der Waals surface area contributed by atoms with Crippen LogP contribution < -0.4 is 15.0 Å². The second kappa shape index (κ2) is 9.45. The molecule has 2 amide bonds. The van der Waals surface area contributed by atoms with Crippen LogP contribution in [0.3, 0.4) is 0 Å². The van der Waals surface area contributed by atoms with Gasteiger partial charge in [0.15, 0.2) is 6.61 Å². The van der Waals surface area contributed by atoms with Crippen molar-refractivity contribution in [3.63, 3.8) is 0 Å². The van der Waals surface area contributed by atoms with Crippen LogP contribution in [-0.2, 0) is 16.0 Å². The molecule has 2 aromatic carbocycles. The number of rotatable bonds is 7. The molecule has 1 fully saturated rings. The van der Waals surface area contributed by atoms with E-state index in [0.717, 1.165) is 36.9 Å². The maximum atomic E-state index is 12.5. The molecule has 2 aliphatic heterocycles. The van der Waals surface area contributed by atoms with Crippen LogP contribution in [0.4, 0.5) is 5.69 Å². The smallest absolute Gasteiger partial charge is 0.265 e. The van der Waals surface area contributed by atoms with Gasteiger partial charge in [-0.25, -0.2) is 0 Å². The second-order valence-electron chi connectivity index (χ2n) is 7.21. The molecule has 4 rings (SSSR count). The first-order valence-corrected chi connectivity index (χ1v) is 11.2. The fraction of sp³-hybridized carbons (Fsp3) is 0.261. The first-order valence-electron chi connectivity index (χ1n) is 9.96. The van der Waals surface area contributed by atoms with Crippen molar-refractivity contribution in [2.45, 2.75) is 25.7 Å². The zero-order valence-electron chi connectivity index (χ0n) is 16.4. The summed E-state index contributed by atoms with van der Waals surface area (Å²) in [5.41, 5.74) is 2.94. The van der Waals surface area contributed by atoms with Crippen molar-refractivity contribution in [3.05, 3.63) is 64.6 Å². The van der Waals surface area contributed by atoms with Gasteiger partial charge in [-0.2, -0.15) is 0 Å². The van der Waals surface area contributed by atoms with Gasteiger partial charge in [0, 0.05) is 6.54 Å². The van der Waals surface area contributed by atoms with Gasteiger partial charge in [0.25, 0.3) is 11.8 Å². The Labute approximate surface area is 185 Å². The van der Waals surface area contributed by atoms with Crippen LogP contribution in [0.2, 0.25) is 0 Å². The van der Waals surface area contributed by atoms with Crippen molar-refractivity contribution in [3.8, 4) is 5.75 Å². The third kappa shape index (κ3) is 4.91. The number of hydrogen-bond donors (Lipinski definition) is 1. The lowest BCUT2D eigenvalue weighted by atomic mass is 10.1. The number of benzene rings is 2. The fourth-order valence-electron chi connectivity index (χ4n) is 3.55. The summed E-state index contributed by atoms with van der Waals surface area (Å²) in [6, 6.07) is 16.1. The molecule has 1 N–H and O–H groups in total. The van der Waals surface area contributed by atoms with Crippen molar-refractivity contribution in [2.24, 2.45) is 0 Å². The number of carbonyl (C=O) groups is 2. The number of nitrogens with one attached hydrogen (secondary N) is 1. The number of unbranched alkanes of at least 4 members (excludes halogenated alkanes) is 2. The van der Waals surface area contributed by atoms with Gasteiger partial charge in [0.2, 0.25) is 0 Å². The first-order chi connectivity index (χ1) is 14.6. The Kier molecular flexibility index (Phi) is 6.50. The van der Waals surface area contributed by atoms with Crippen molar-refractivity contribution < 1.29 is 14.3 Å². The van der Waals surface area contributed by atoms with E-state index in [-0.39, 0.29) is 18.4 Å². The third-order valence-corrected chi connectivity index (χ3v) is 6.22. The van der Waals surface area contributed by atoms with Gasteiger partial charge in [-0.1, -0.05) is 66.8 Å². The second-order valence-corrected chi connectivity index (χ2v) is 8.93. The molecule has 30 heavy (non-hydrogen) atoms. The van der Waals surface area contributed by atoms with E-state index in [9.17, 15) is 9.59 Å². The summed E-state index contributed by atoms with van der Waals surface area (Å²) in [6.45, 7) is 0.716. The molecule has 0 radical (unpaired) electrons. The Morgan fingerprint density at radius 1 is 1.10 bits per heavy atom. The van der Waals surface area contributed by atoms with Crippen molar-refractivity contribution in [1.29, 1.82) is 0 Å². The lowest BCUT2D eigenvalue weighted by Gasteiger charge is -2.29. The lowest BCUT2D eigenvalue weighted by Crippen LogP contribution is -2.39. The normalized spacial score (nSPS) is 17.1. The molecule has 2 aromatic rings. The molecule has 1 saturated heterocycles. The topological polar surface area (TPSA) is 58.6 Å². The average Bonchev–Trinajstić information content (AvgIpc) is 3.06. The van der Waals surface area contributed by atoms with Crippen LogP contribution in [0, 0.1) is 0 Å². The highest BCUT2D eigenvalue weighted by molar-refractivity contribution is 8.26. The predicted molar refractivity (Wildman–Crippen MR) is 125 cm³/mol. The van der Waals surface area contributed by atoms with E-state index in [1.165, 1.54) is 17.3 Å². The number of nitrogens with zero attached hydrogens (tertiary/aromatic N) is 1. The molecule has 0 bridgehead atoms. The van der Waals surface area contributed by atoms with E-state index < -0.39 is 0 Å². The van der Waals surface area contributed by atoms with Gasteiger partial charge in [0.05, 0.1) is 10.6 Å². The third-order valence-electron chi connectivity index (χ3n) is 5.06. The number of hydrogen-bond acceptors (Lipinski definition) is 5. The number of amides is 2. The zero-order valence-corrected chi connectivity index (χ0v) is 18.1. The van der Waals surface area contributed by atoms with Crippen LogP contribution >= 0.6 is 24.0 Å². The minimum Gasteiger partial charge on any atom is -0.482 e. The Bertz CT molecular complexity index is 1000. The van der Waals surface area contributed by atoms with Crippen LogP contribution in [0.15, 0.2) is 53.4 Å². The van der Waals surface area contributed by atoms with Crippen molar-refractivity contribution in [2.75, 3.05) is 18.1 Å². The Morgan fingerprint density at radius 2 is 1.93 bits per heavy atom. The molecule has 154 valence electrons. The minimum atomic E-state index is -0.190. The van der Waals surface area contributed by atoms with Gasteiger partial charge in [-0.15, -0.1) is 0 Å². The highest BCUT2D eigenvalue weighted by atomic mass is 32.2. The van der Waals surface area contributed by atoms with E-state index >= 15 is 0 Å². The molecule has 0 spiro atoms. The Balaban J connectivity index is 1.41. The summed E-state index contributed by atoms with van der Waals surface area (Å²) in [6.07, 6.45) is 5.90. The summed E-state index contributed by atoms with van der Waals surface area (Å²) in [4.78, 5) is 26.8. The van der Waals surface area contributed by atoms with E-state index in [0.29, 0.717) is 21.5 Å². The molecule has 2 heterocycles. The van der Waals surface area contributed by atoms with Gasteiger partial charge in [0.1, 0.15) is 10.1 Å². The van der Waals surface area contributed by atoms with E-state index in [1.54, 1.807) is 11.0 Å². The summed E-state index contributed by atoms with van der Waals surface area (Å²) < 4.78 is 6.06. The van der Waals surface area contributed by atoms with E-state index in [2.05, 4.69) is 29.6 Å². The molecule has 0 saturated carbocycles. The minimum absolute atomic E-state index is 0.0375. The first kappa shape index (κ1) is 20.6. The molecule has 2 aliphatic rings. The van der Waals surface area contributed by atoms with Crippen LogP contribution in [-0.4, -0.2) is 29.3 Å². The zero-order chi connectivity index (χ0) is 20.9. The number of fused-ring (bicyclic) bond motifs is 1. The number of thiocarbonyl (C=S) groups is 1. The summed E-state index contributed by atoms with van der Waals surface area (Å²) in [5, 5.41) is 2.61. The SMILES string of the molecule is O=C1NC(=S)S/C1=C/c1ccc2c(c1)N(CCCCCc1ccccc1)C(=O)CO2. The molecule has 0 atom stereocenters. The maximum absolute atomic E-state index is 12.5. The quantitative estimate of drug-likeness (QED) is 0.397. The number of thioether (sulfide) groups is 1. The standard InChI is InChI=1S/C23H22N2O3S2/c26-21-15-28-19-11-10-17(14-20-22(27)24-23(29)30-20)13-18(19)25(21)12-6-2-5-9-16-7-3-1-4-8-16/h1,3-4,7-8,10-11,13-14H,2,5-6,9,12,15H2,(H,24,27,29)/b20-14+. The molecule has 0 aromatic heterocycles. The van der Waals surface area contributed by atoms with Crippen LogP contribution in [0.5, 0.6) is 5.75 Å². The van der Waals surface area contributed by atoms with Gasteiger partial charge in [-0.3, -0.25) is 9.59 Å². The Hall–Kier alpha value is -2.64. The molecule has 0 aliphatic carbocycles. The average molecular weight is 439 g/mol. The number of ether oxygens (including phenoxy) is 1. The van der Waals surface area contributed by atoms with Gasteiger partial charge in [-0.05, 0) is 48.6 Å². The summed E-state index contributed by atoms with van der Waals surface area (Å²) in [5.74, 6) is 0.468. The van der Waals surface area contributed by atoms with Crippen molar-refractivity contribution in [1.82, 2.24) is 5.32 Å². The number of aryl methyl sites for hydroxylation is 1. The van der Waals surface area contributed by atoms with Crippen LogP contribution in [0.25, 0.3) is 6.08 Å². The molecular weight excluding hydrogens is 416 g/mol. The van der Waals surface area contributed by atoms with E-state index in [1.807, 2.05) is 24.3 Å². The highest BCUT2D eigenvalue weighted by Gasteiger charge is 2.26. The van der Waals surface area contributed by atoms with Gasteiger partial charge >= 0.3 is 0 Å². The number of carbonyl (C=O) groups excluding carboxylic acids is 2.